The van der Waals surface area contributed by atoms with Gasteiger partial charge in [0.25, 0.3) is 0 Å². The first-order valence-corrected chi connectivity index (χ1v) is 11.2. The number of hydrogen-bond donors (Lipinski definition) is 2. The number of hydrogen-bond acceptors (Lipinski definition) is 6. The zero-order valence-corrected chi connectivity index (χ0v) is 20.9. The van der Waals surface area contributed by atoms with Gasteiger partial charge in [-0.1, -0.05) is 18.3 Å². The highest BCUT2D eigenvalue weighted by Crippen LogP contribution is 2.31. The molecule has 1 heterocycles. The topological polar surface area (TPSA) is 89.1 Å². The van der Waals surface area contributed by atoms with E-state index in [9.17, 15) is 9.59 Å². The molecular formula is C23H35N3O5S. The lowest BCUT2D eigenvalue weighted by molar-refractivity contribution is 0.0231. The number of ether oxygens (including phenoxy) is 3. The predicted molar refractivity (Wildman–Crippen MR) is 128 cm³/mol. The van der Waals surface area contributed by atoms with Crippen molar-refractivity contribution in [2.24, 2.45) is 0 Å². The van der Waals surface area contributed by atoms with Crippen LogP contribution in [0.2, 0.25) is 0 Å². The molecule has 0 saturated carbocycles. The van der Waals surface area contributed by atoms with Crippen molar-refractivity contribution in [1.82, 2.24) is 10.2 Å². The lowest BCUT2D eigenvalue weighted by atomic mass is 10.1. The van der Waals surface area contributed by atoms with Gasteiger partial charge in [-0.15, -0.1) is 0 Å². The summed E-state index contributed by atoms with van der Waals surface area (Å²) in [6.07, 6.45) is -0.529. The number of carbonyl (C=O) groups excluding carboxylic acids is 2. The number of anilines is 1. The maximum atomic E-state index is 12.8. The van der Waals surface area contributed by atoms with Crippen LogP contribution in [0.1, 0.15) is 60.5 Å². The predicted octanol–water partition coefficient (Wildman–Crippen LogP) is 4.86. The average molecular weight is 466 g/mol. The van der Waals surface area contributed by atoms with Gasteiger partial charge in [-0.2, -0.15) is 0 Å². The molecule has 1 aliphatic rings. The fourth-order valence-electron chi connectivity index (χ4n) is 2.91. The Kier molecular flexibility index (Phi) is 8.34. The van der Waals surface area contributed by atoms with Crippen LogP contribution in [0.15, 0.2) is 18.2 Å². The molecule has 0 bridgehead atoms. The Hall–Kier alpha value is -2.55. The monoisotopic (exact) mass is 465 g/mol. The van der Waals surface area contributed by atoms with Crippen molar-refractivity contribution >= 4 is 35.1 Å². The largest absolute Gasteiger partial charge is 0.481 e. The molecule has 0 radical (unpaired) electrons. The van der Waals surface area contributed by atoms with Crippen LogP contribution >= 0.6 is 12.2 Å². The van der Waals surface area contributed by atoms with Gasteiger partial charge in [0.2, 0.25) is 0 Å². The minimum atomic E-state index is -0.613. The molecule has 2 N–H and O–H groups in total. The summed E-state index contributed by atoms with van der Waals surface area (Å²) < 4.78 is 16.6. The molecule has 178 valence electrons. The Morgan fingerprint density at radius 3 is 2.44 bits per heavy atom. The third-order valence-electron chi connectivity index (χ3n) is 4.27. The molecule has 0 saturated heterocycles. The highest BCUT2D eigenvalue weighted by Gasteiger charge is 2.24. The molecule has 32 heavy (non-hydrogen) atoms. The van der Waals surface area contributed by atoms with E-state index in [2.05, 4.69) is 10.6 Å². The lowest BCUT2D eigenvalue weighted by Crippen LogP contribution is -2.39. The molecule has 0 fully saturated rings. The van der Waals surface area contributed by atoms with E-state index < -0.39 is 23.4 Å². The maximum absolute atomic E-state index is 12.8. The summed E-state index contributed by atoms with van der Waals surface area (Å²) in [6.45, 7) is 13.9. The fourth-order valence-corrected chi connectivity index (χ4v) is 3.07. The van der Waals surface area contributed by atoms with Crippen molar-refractivity contribution in [3.8, 4) is 5.75 Å². The zero-order chi connectivity index (χ0) is 24.1. The van der Waals surface area contributed by atoms with Crippen molar-refractivity contribution < 1.29 is 23.8 Å². The number of amides is 2. The minimum Gasteiger partial charge on any atom is -0.481 e. The summed E-state index contributed by atoms with van der Waals surface area (Å²) in [5.41, 5.74) is 0.513. The number of nitrogens with one attached hydrogen (secondary N) is 2. The van der Waals surface area contributed by atoms with Gasteiger partial charge in [-0.3, -0.25) is 0 Å². The summed E-state index contributed by atoms with van der Waals surface area (Å²) in [4.78, 5) is 26.9. The quantitative estimate of drug-likeness (QED) is 0.458. The molecule has 1 atom stereocenters. The summed E-state index contributed by atoms with van der Waals surface area (Å²) in [5, 5.41) is 5.90. The van der Waals surface area contributed by atoms with Gasteiger partial charge in [0.15, 0.2) is 0 Å². The molecule has 0 spiro atoms. The van der Waals surface area contributed by atoms with Gasteiger partial charge in [0.05, 0.1) is 5.69 Å². The Bertz CT molecular complexity index is 845. The van der Waals surface area contributed by atoms with Crippen molar-refractivity contribution in [2.45, 2.75) is 78.7 Å². The summed E-state index contributed by atoms with van der Waals surface area (Å²) in [7, 11) is 0. The van der Waals surface area contributed by atoms with Crippen molar-refractivity contribution in [1.29, 1.82) is 0 Å². The van der Waals surface area contributed by atoms with Gasteiger partial charge in [-0.25, -0.2) is 9.59 Å². The Morgan fingerprint density at radius 2 is 1.81 bits per heavy atom. The normalized spacial score (nSPS) is 15.7. The fraction of sp³-hybridized carbons (Fsp3) is 0.609. The number of benzene rings is 1. The molecule has 0 aliphatic carbocycles. The number of rotatable bonds is 6. The number of nitrogens with zero attached hydrogens (tertiary/aromatic N) is 1. The maximum Gasteiger partial charge on any atom is 0.410 e. The van der Waals surface area contributed by atoms with E-state index in [0.717, 1.165) is 17.0 Å². The molecule has 8 nitrogen and oxygen atoms in total. The van der Waals surface area contributed by atoms with Crippen molar-refractivity contribution in [3.63, 3.8) is 0 Å². The van der Waals surface area contributed by atoms with Gasteiger partial charge in [0.1, 0.15) is 28.0 Å². The molecule has 0 aromatic heterocycles. The number of alkyl carbamates (subject to hydrolysis) is 1. The second-order valence-electron chi connectivity index (χ2n) is 9.76. The van der Waals surface area contributed by atoms with Crippen LogP contribution in [0.5, 0.6) is 5.75 Å². The molecule has 9 heteroatoms. The first-order valence-electron chi connectivity index (χ1n) is 10.8. The summed E-state index contributed by atoms with van der Waals surface area (Å²) in [6, 6.07) is 5.70. The van der Waals surface area contributed by atoms with Crippen LogP contribution in [-0.2, 0) is 16.0 Å². The van der Waals surface area contributed by atoms with Crippen LogP contribution < -0.4 is 15.4 Å². The first kappa shape index (κ1) is 25.7. The average Bonchev–Trinajstić information content (AvgIpc) is 2.62. The standard InChI is InChI=1S/C23H35N3O5S/c1-15-19(32)25-17-13-16(9-10-18(17)29-15)14-26(21(28)31-23(5,6)7)12-8-11-24-20(27)30-22(2,3)4/h9-10,13,15H,8,11-12,14H2,1-7H3,(H,24,27)(H,25,32). The SMILES string of the molecule is CC1Oc2ccc(CN(CCCNC(=O)OC(C)(C)C)C(=O)OC(C)(C)C)cc2NC1=S. The lowest BCUT2D eigenvalue weighted by Gasteiger charge is -2.29. The van der Waals surface area contributed by atoms with E-state index in [1.165, 1.54) is 0 Å². The Morgan fingerprint density at radius 1 is 1.16 bits per heavy atom. The highest BCUT2D eigenvalue weighted by molar-refractivity contribution is 7.80. The smallest absolute Gasteiger partial charge is 0.410 e. The van der Waals surface area contributed by atoms with E-state index in [0.29, 0.717) is 31.0 Å². The Balaban J connectivity index is 2.03. The number of fused-ring (bicyclic) bond motifs is 1. The highest BCUT2D eigenvalue weighted by atomic mass is 32.1. The van der Waals surface area contributed by atoms with Crippen LogP contribution in [-0.4, -0.2) is 52.5 Å². The number of carbonyl (C=O) groups is 2. The van der Waals surface area contributed by atoms with E-state index in [-0.39, 0.29) is 6.10 Å². The van der Waals surface area contributed by atoms with Crippen molar-refractivity contribution in [3.05, 3.63) is 23.8 Å². The second-order valence-corrected chi connectivity index (χ2v) is 10.2. The van der Waals surface area contributed by atoms with Gasteiger partial charge in [-0.05, 0) is 72.6 Å². The molecule has 1 aliphatic heterocycles. The number of thiocarbonyl (C=S) groups is 1. The van der Waals surface area contributed by atoms with E-state index in [4.69, 9.17) is 26.4 Å². The van der Waals surface area contributed by atoms with Gasteiger partial charge < -0.3 is 29.7 Å². The van der Waals surface area contributed by atoms with Crippen LogP contribution in [0.4, 0.5) is 15.3 Å². The van der Waals surface area contributed by atoms with Crippen LogP contribution in [0.25, 0.3) is 0 Å². The Labute approximate surface area is 196 Å². The molecule has 2 rings (SSSR count). The third kappa shape index (κ3) is 8.53. The van der Waals surface area contributed by atoms with E-state index in [1.807, 2.05) is 66.7 Å². The molecule has 1 aromatic rings. The first-order chi connectivity index (χ1) is 14.7. The summed E-state index contributed by atoms with van der Waals surface area (Å²) in [5.74, 6) is 0.722. The molecular weight excluding hydrogens is 430 g/mol. The van der Waals surface area contributed by atoms with Crippen LogP contribution in [0.3, 0.4) is 0 Å². The van der Waals surface area contributed by atoms with E-state index >= 15 is 0 Å². The molecule has 2 amide bonds. The zero-order valence-electron chi connectivity index (χ0n) is 20.0. The van der Waals surface area contributed by atoms with Crippen LogP contribution in [0, 0.1) is 0 Å². The van der Waals surface area contributed by atoms with Gasteiger partial charge >= 0.3 is 12.2 Å². The minimum absolute atomic E-state index is 0.181. The molecule has 1 unspecified atom stereocenters. The van der Waals surface area contributed by atoms with Gasteiger partial charge in [0, 0.05) is 19.6 Å². The molecule has 1 aromatic carbocycles. The van der Waals surface area contributed by atoms with Crippen molar-refractivity contribution in [2.75, 3.05) is 18.4 Å². The van der Waals surface area contributed by atoms with E-state index in [1.54, 1.807) is 4.90 Å². The summed E-state index contributed by atoms with van der Waals surface area (Å²) >= 11 is 5.30. The third-order valence-corrected chi connectivity index (χ3v) is 4.71. The second kappa shape index (κ2) is 10.4.